The molecule has 1 aromatic rings. The van der Waals surface area contributed by atoms with E-state index in [2.05, 4.69) is 5.32 Å². The molecule has 0 saturated carbocycles. The van der Waals surface area contributed by atoms with Gasteiger partial charge in [0.25, 0.3) is 0 Å². The predicted molar refractivity (Wildman–Crippen MR) is 72.0 cm³/mol. The molecule has 17 heavy (non-hydrogen) atoms. The Hall–Kier alpha value is -1.07. The summed E-state index contributed by atoms with van der Waals surface area (Å²) in [6.07, 6.45) is 0. The van der Waals surface area contributed by atoms with Crippen LogP contribution in [0.3, 0.4) is 0 Å². The lowest BCUT2D eigenvalue weighted by Gasteiger charge is -2.20. The van der Waals surface area contributed by atoms with E-state index in [1.165, 1.54) is 4.31 Å². The van der Waals surface area contributed by atoms with Crippen LogP contribution < -0.4 is 9.62 Å². The average molecular weight is 256 g/mol. The van der Waals surface area contributed by atoms with Crippen molar-refractivity contribution in [2.24, 2.45) is 0 Å². The van der Waals surface area contributed by atoms with Crippen molar-refractivity contribution < 1.29 is 8.42 Å². The van der Waals surface area contributed by atoms with Gasteiger partial charge < -0.3 is 5.32 Å². The fourth-order valence-corrected chi connectivity index (χ4v) is 2.82. The minimum atomic E-state index is -3.24. The van der Waals surface area contributed by atoms with Gasteiger partial charge in [-0.3, -0.25) is 4.31 Å². The second-order valence-electron chi connectivity index (χ2n) is 4.23. The second-order valence-corrected chi connectivity index (χ2v) is 6.35. The number of rotatable bonds is 5. The van der Waals surface area contributed by atoms with Gasteiger partial charge in [-0.05, 0) is 44.2 Å². The van der Waals surface area contributed by atoms with Crippen LogP contribution in [-0.2, 0) is 10.0 Å². The number of anilines is 1. The molecule has 96 valence electrons. The van der Waals surface area contributed by atoms with Crippen LogP contribution in [0.4, 0.5) is 5.69 Å². The molecular formula is C12H20N2O2S. The van der Waals surface area contributed by atoms with Gasteiger partial charge in [-0.25, -0.2) is 8.42 Å². The van der Waals surface area contributed by atoms with Crippen LogP contribution in [0.15, 0.2) is 18.2 Å². The summed E-state index contributed by atoms with van der Waals surface area (Å²) in [7, 11) is 0.101. The Morgan fingerprint density at radius 2 is 1.71 bits per heavy atom. The van der Waals surface area contributed by atoms with Gasteiger partial charge in [0.2, 0.25) is 10.0 Å². The highest BCUT2D eigenvalue weighted by atomic mass is 32.2. The van der Waals surface area contributed by atoms with E-state index in [9.17, 15) is 8.42 Å². The first kappa shape index (κ1) is 14.0. The highest BCUT2D eigenvalue weighted by Crippen LogP contribution is 2.20. The zero-order chi connectivity index (χ0) is 13.1. The average Bonchev–Trinajstić information content (AvgIpc) is 2.24. The summed E-state index contributed by atoms with van der Waals surface area (Å²) in [6.45, 7) is 4.38. The molecule has 0 aliphatic heterocycles. The van der Waals surface area contributed by atoms with Crippen LogP contribution in [0.25, 0.3) is 0 Å². The van der Waals surface area contributed by atoms with Crippen molar-refractivity contribution >= 4 is 15.7 Å². The van der Waals surface area contributed by atoms with Crippen LogP contribution in [0, 0.1) is 13.8 Å². The number of benzene rings is 1. The Kier molecular flexibility index (Phi) is 4.54. The van der Waals surface area contributed by atoms with Crippen LogP contribution in [-0.4, -0.2) is 34.8 Å². The lowest BCUT2D eigenvalue weighted by molar-refractivity contribution is 0.592. The van der Waals surface area contributed by atoms with E-state index in [4.69, 9.17) is 0 Å². The third kappa shape index (κ3) is 3.71. The highest BCUT2D eigenvalue weighted by Gasteiger charge is 2.17. The van der Waals surface area contributed by atoms with E-state index in [0.29, 0.717) is 6.54 Å². The topological polar surface area (TPSA) is 49.4 Å². The van der Waals surface area contributed by atoms with Gasteiger partial charge >= 0.3 is 0 Å². The first-order chi connectivity index (χ1) is 7.86. The number of hydrogen-bond donors (Lipinski definition) is 1. The van der Waals surface area contributed by atoms with E-state index in [1.807, 2.05) is 32.0 Å². The van der Waals surface area contributed by atoms with Gasteiger partial charge in [0.15, 0.2) is 0 Å². The Morgan fingerprint density at radius 1 is 1.18 bits per heavy atom. The summed E-state index contributed by atoms with van der Waals surface area (Å²) in [5, 5.41) is 2.85. The molecule has 5 heteroatoms. The molecule has 0 heterocycles. The molecule has 0 radical (unpaired) electrons. The summed E-state index contributed by atoms with van der Waals surface area (Å²) in [5.74, 6) is 0.104. The van der Waals surface area contributed by atoms with Crippen LogP contribution >= 0.6 is 0 Å². The number of aryl methyl sites for hydroxylation is 2. The van der Waals surface area contributed by atoms with Gasteiger partial charge in [-0.1, -0.05) is 6.07 Å². The van der Waals surface area contributed by atoms with E-state index >= 15 is 0 Å². The normalized spacial score (nSPS) is 11.5. The number of nitrogens with one attached hydrogen (secondary N) is 1. The molecule has 0 fully saturated rings. The summed E-state index contributed by atoms with van der Waals surface area (Å²) in [4.78, 5) is 0. The molecular weight excluding hydrogens is 236 g/mol. The fraction of sp³-hybridized carbons (Fsp3) is 0.500. The standard InChI is InChI=1S/C12H20N2O2S/c1-10-7-11(2)9-12(8-10)14(4)17(15,16)6-5-13-3/h7-9,13H,5-6H2,1-4H3. The van der Waals surface area contributed by atoms with Crippen LogP contribution in [0.1, 0.15) is 11.1 Å². The van der Waals surface area contributed by atoms with Crippen molar-refractivity contribution in [3.05, 3.63) is 29.3 Å². The smallest absolute Gasteiger partial charge is 0.236 e. The van der Waals surface area contributed by atoms with E-state index in [1.54, 1.807) is 14.1 Å². The minimum absolute atomic E-state index is 0.104. The number of hydrogen-bond acceptors (Lipinski definition) is 3. The molecule has 0 aliphatic rings. The van der Waals surface area contributed by atoms with Gasteiger partial charge in [0.1, 0.15) is 0 Å². The van der Waals surface area contributed by atoms with Crippen molar-refractivity contribution in [2.75, 3.05) is 30.7 Å². The largest absolute Gasteiger partial charge is 0.319 e. The SMILES string of the molecule is CNCCS(=O)(=O)N(C)c1cc(C)cc(C)c1. The van der Waals surface area contributed by atoms with Crippen molar-refractivity contribution in [2.45, 2.75) is 13.8 Å². The van der Waals surface area contributed by atoms with Crippen molar-refractivity contribution in [1.29, 1.82) is 0 Å². The summed E-state index contributed by atoms with van der Waals surface area (Å²) >= 11 is 0. The van der Waals surface area contributed by atoms with E-state index in [0.717, 1.165) is 16.8 Å². The monoisotopic (exact) mass is 256 g/mol. The first-order valence-corrected chi connectivity index (χ1v) is 7.17. The molecule has 0 amide bonds. The molecule has 0 atom stereocenters. The molecule has 0 saturated heterocycles. The molecule has 0 spiro atoms. The van der Waals surface area contributed by atoms with Crippen LogP contribution in [0.2, 0.25) is 0 Å². The maximum Gasteiger partial charge on any atom is 0.236 e. The lowest BCUT2D eigenvalue weighted by Crippen LogP contribution is -2.32. The van der Waals surface area contributed by atoms with Crippen molar-refractivity contribution in [1.82, 2.24) is 5.32 Å². The molecule has 1 N–H and O–H groups in total. The number of nitrogens with zero attached hydrogens (tertiary/aromatic N) is 1. The Bertz CT molecular complexity index is 463. The first-order valence-electron chi connectivity index (χ1n) is 5.56. The molecule has 0 aromatic heterocycles. The van der Waals surface area contributed by atoms with E-state index < -0.39 is 10.0 Å². The molecule has 1 aromatic carbocycles. The predicted octanol–water partition coefficient (Wildman–Crippen LogP) is 1.29. The Balaban J connectivity index is 2.99. The Labute approximate surface area is 104 Å². The fourth-order valence-electron chi connectivity index (χ4n) is 1.66. The maximum absolute atomic E-state index is 12.0. The number of sulfonamides is 1. The summed E-state index contributed by atoms with van der Waals surface area (Å²) in [6, 6.07) is 5.78. The summed E-state index contributed by atoms with van der Waals surface area (Å²) < 4.78 is 25.3. The highest BCUT2D eigenvalue weighted by molar-refractivity contribution is 7.92. The lowest BCUT2D eigenvalue weighted by atomic mass is 10.1. The molecule has 0 bridgehead atoms. The molecule has 0 aliphatic carbocycles. The maximum atomic E-state index is 12.0. The van der Waals surface area contributed by atoms with Gasteiger partial charge in [0, 0.05) is 13.6 Å². The van der Waals surface area contributed by atoms with Gasteiger partial charge in [-0.2, -0.15) is 0 Å². The van der Waals surface area contributed by atoms with Crippen LogP contribution in [0.5, 0.6) is 0 Å². The van der Waals surface area contributed by atoms with Gasteiger partial charge in [0.05, 0.1) is 11.4 Å². The second kappa shape index (κ2) is 5.51. The molecule has 1 rings (SSSR count). The van der Waals surface area contributed by atoms with Gasteiger partial charge in [-0.15, -0.1) is 0 Å². The summed E-state index contributed by atoms with van der Waals surface area (Å²) in [5.41, 5.74) is 2.85. The van der Waals surface area contributed by atoms with Crippen molar-refractivity contribution in [3.63, 3.8) is 0 Å². The zero-order valence-corrected chi connectivity index (χ0v) is 11.6. The van der Waals surface area contributed by atoms with E-state index in [-0.39, 0.29) is 5.75 Å². The zero-order valence-electron chi connectivity index (χ0n) is 10.8. The third-order valence-electron chi connectivity index (χ3n) is 2.60. The van der Waals surface area contributed by atoms with Crippen molar-refractivity contribution in [3.8, 4) is 0 Å². The quantitative estimate of drug-likeness (QED) is 0.863. The molecule has 0 unspecified atom stereocenters. The Morgan fingerprint density at radius 3 is 2.18 bits per heavy atom. The third-order valence-corrected chi connectivity index (χ3v) is 4.36. The molecule has 4 nitrogen and oxygen atoms in total. The minimum Gasteiger partial charge on any atom is -0.319 e.